The van der Waals surface area contributed by atoms with E-state index in [1.807, 2.05) is 13.8 Å². The first kappa shape index (κ1) is 24.3. The highest BCUT2D eigenvalue weighted by Gasteiger charge is 2.11. The van der Waals surface area contributed by atoms with Gasteiger partial charge in [-0.15, -0.1) is 0 Å². The molecule has 2 unspecified atom stereocenters. The van der Waals surface area contributed by atoms with E-state index in [2.05, 4.69) is 41.0 Å². The molecular weight excluding hydrogens is 314 g/mol. The molecule has 0 saturated heterocycles. The third-order valence-corrected chi connectivity index (χ3v) is 4.25. The lowest BCUT2D eigenvalue weighted by molar-refractivity contribution is 0.110. The first-order chi connectivity index (χ1) is 12.1. The summed E-state index contributed by atoms with van der Waals surface area (Å²) in [6.45, 7) is 11.5. The van der Waals surface area contributed by atoms with Crippen LogP contribution in [0.1, 0.15) is 46.5 Å². The minimum absolute atomic E-state index is 0.249. The van der Waals surface area contributed by atoms with E-state index in [4.69, 9.17) is 5.73 Å². The summed E-state index contributed by atoms with van der Waals surface area (Å²) in [5.74, 6) is 0. The summed E-state index contributed by atoms with van der Waals surface area (Å²) in [4.78, 5) is 4.57. The highest BCUT2D eigenvalue weighted by Crippen LogP contribution is 2.03. The van der Waals surface area contributed by atoms with E-state index >= 15 is 0 Å². The van der Waals surface area contributed by atoms with Crippen LogP contribution in [0.4, 0.5) is 0 Å². The summed E-state index contributed by atoms with van der Waals surface area (Å²) in [7, 11) is 0. The predicted octanol–water partition coefficient (Wildman–Crippen LogP) is 2.00. The average Bonchev–Trinajstić information content (AvgIpc) is 2.62. The summed E-state index contributed by atoms with van der Waals surface area (Å²) >= 11 is 0. The Morgan fingerprint density at radius 1 is 0.880 bits per heavy atom. The molecule has 4 N–H and O–H groups in total. The van der Waals surface area contributed by atoms with E-state index < -0.39 is 6.10 Å². The van der Waals surface area contributed by atoms with Crippen molar-refractivity contribution < 1.29 is 10.2 Å². The monoisotopic (exact) mass is 355 g/mol. The molecule has 148 valence electrons. The van der Waals surface area contributed by atoms with Crippen LogP contribution in [0, 0.1) is 0 Å². The fourth-order valence-corrected chi connectivity index (χ4v) is 2.63. The Balaban J connectivity index is 4.29. The van der Waals surface area contributed by atoms with Crippen LogP contribution in [0.2, 0.25) is 0 Å². The van der Waals surface area contributed by atoms with E-state index in [9.17, 15) is 10.2 Å². The third kappa shape index (κ3) is 14.2. The highest BCUT2D eigenvalue weighted by atomic mass is 16.3. The second-order valence-electron chi connectivity index (χ2n) is 6.63. The fourth-order valence-electron chi connectivity index (χ4n) is 2.63. The fraction of sp³-hybridized carbons (Fsp3) is 0.800. The minimum atomic E-state index is -0.457. The molecule has 25 heavy (non-hydrogen) atoms. The maximum absolute atomic E-state index is 9.90. The molecule has 0 radical (unpaired) electrons. The summed E-state index contributed by atoms with van der Waals surface area (Å²) in [5.41, 5.74) is 5.54. The molecule has 0 aromatic carbocycles. The molecule has 2 atom stereocenters. The Morgan fingerprint density at radius 2 is 1.44 bits per heavy atom. The lowest BCUT2D eigenvalue weighted by atomic mass is 10.2. The molecule has 0 heterocycles. The average molecular weight is 356 g/mol. The van der Waals surface area contributed by atoms with Crippen molar-refractivity contribution in [2.75, 3.05) is 45.8 Å². The largest absolute Gasteiger partial charge is 0.392 e. The molecule has 5 heteroatoms. The number of allylic oxidation sites excluding steroid dienone is 2. The SMILES string of the molecule is CC=CCN(CCCCN(CC=CCC)CC(O)CN)CC(O)CC. The second-order valence-corrected chi connectivity index (χ2v) is 6.63. The second kappa shape index (κ2) is 16.7. The Morgan fingerprint density at radius 3 is 1.92 bits per heavy atom. The van der Waals surface area contributed by atoms with Gasteiger partial charge in [0.1, 0.15) is 0 Å². The number of nitrogens with two attached hydrogens (primary N) is 1. The Kier molecular flexibility index (Phi) is 16.3. The van der Waals surface area contributed by atoms with Crippen molar-refractivity contribution in [2.24, 2.45) is 5.73 Å². The van der Waals surface area contributed by atoms with E-state index in [1.165, 1.54) is 0 Å². The van der Waals surface area contributed by atoms with Crippen molar-refractivity contribution in [2.45, 2.75) is 58.7 Å². The topological polar surface area (TPSA) is 73.0 Å². The van der Waals surface area contributed by atoms with Gasteiger partial charge in [0.15, 0.2) is 0 Å². The molecule has 0 aliphatic carbocycles. The number of aliphatic hydroxyl groups excluding tert-OH is 2. The molecular formula is C20H41N3O2. The Bertz CT molecular complexity index is 348. The van der Waals surface area contributed by atoms with Gasteiger partial charge in [-0.25, -0.2) is 0 Å². The van der Waals surface area contributed by atoms with Gasteiger partial charge in [-0.1, -0.05) is 38.2 Å². The summed E-state index contributed by atoms with van der Waals surface area (Å²) in [6, 6.07) is 0. The molecule has 5 nitrogen and oxygen atoms in total. The number of nitrogens with zero attached hydrogens (tertiary/aromatic N) is 2. The van der Waals surface area contributed by atoms with Crippen LogP contribution in [0.5, 0.6) is 0 Å². The van der Waals surface area contributed by atoms with Crippen LogP contribution in [0.15, 0.2) is 24.3 Å². The van der Waals surface area contributed by atoms with Gasteiger partial charge < -0.3 is 15.9 Å². The Labute approximate surface area is 155 Å². The standard InChI is InChI=1S/C20H41N3O2/c1-4-7-9-13-23(18-20(25)16-21)15-11-10-14-22(12-8-5-2)17-19(24)6-3/h5,7-9,19-20,24-25H,4,6,10-18,21H2,1-3H3. The molecule has 0 aliphatic heterocycles. The molecule has 0 aromatic rings. The van der Waals surface area contributed by atoms with Crippen LogP contribution in [0.3, 0.4) is 0 Å². The maximum atomic E-state index is 9.90. The summed E-state index contributed by atoms with van der Waals surface area (Å²) < 4.78 is 0. The number of rotatable bonds is 16. The van der Waals surface area contributed by atoms with Crippen LogP contribution >= 0.6 is 0 Å². The van der Waals surface area contributed by atoms with E-state index in [0.717, 1.165) is 58.4 Å². The third-order valence-electron chi connectivity index (χ3n) is 4.25. The van der Waals surface area contributed by atoms with Crippen molar-refractivity contribution in [1.82, 2.24) is 9.80 Å². The highest BCUT2D eigenvalue weighted by molar-refractivity contribution is 4.85. The molecule has 0 aliphatic rings. The van der Waals surface area contributed by atoms with Crippen molar-refractivity contribution in [1.29, 1.82) is 0 Å². The van der Waals surface area contributed by atoms with Crippen LogP contribution in [-0.2, 0) is 0 Å². The van der Waals surface area contributed by atoms with Gasteiger partial charge in [-0.2, -0.15) is 0 Å². The van der Waals surface area contributed by atoms with Gasteiger partial charge in [0, 0.05) is 32.7 Å². The lowest BCUT2D eigenvalue weighted by Crippen LogP contribution is -2.37. The van der Waals surface area contributed by atoms with Crippen molar-refractivity contribution in [3.8, 4) is 0 Å². The molecule has 0 aromatic heterocycles. The van der Waals surface area contributed by atoms with Crippen molar-refractivity contribution >= 4 is 0 Å². The van der Waals surface area contributed by atoms with Gasteiger partial charge in [-0.05, 0) is 45.7 Å². The zero-order valence-electron chi connectivity index (χ0n) is 16.6. The summed E-state index contributed by atoms with van der Waals surface area (Å²) in [5, 5.41) is 19.7. The van der Waals surface area contributed by atoms with E-state index in [0.29, 0.717) is 13.1 Å². The van der Waals surface area contributed by atoms with Crippen molar-refractivity contribution in [3.05, 3.63) is 24.3 Å². The van der Waals surface area contributed by atoms with Crippen molar-refractivity contribution in [3.63, 3.8) is 0 Å². The number of hydrogen-bond donors (Lipinski definition) is 3. The molecule has 0 amide bonds. The van der Waals surface area contributed by atoms with E-state index in [1.54, 1.807) is 0 Å². The molecule has 0 bridgehead atoms. The van der Waals surface area contributed by atoms with Crippen LogP contribution in [0.25, 0.3) is 0 Å². The minimum Gasteiger partial charge on any atom is -0.392 e. The van der Waals surface area contributed by atoms with Gasteiger partial charge >= 0.3 is 0 Å². The predicted molar refractivity (Wildman–Crippen MR) is 108 cm³/mol. The smallest absolute Gasteiger partial charge is 0.0789 e. The first-order valence-corrected chi connectivity index (χ1v) is 9.84. The van der Waals surface area contributed by atoms with Gasteiger partial charge in [-0.3, -0.25) is 9.80 Å². The molecule has 0 rings (SSSR count). The molecule has 0 saturated carbocycles. The first-order valence-electron chi connectivity index (χ1n) is 9.84. The van der Waals surface area contributed by atoms with Gasteiger partial charge in [0.25, 0.3) is 0 Å². The zero-order chi connectivity index (χ0) is 18.9. The quantitative estimate of drug-likeness (QED) is 0.292. The molecule has 0 spiro atoms. The van der Waals surface area contributed by atoms with Crippen LogP contribution in [-0.4, -0.2) is 78.0 Å². The normalized spacial score (nSPS) is 15.0. The number of hydrogen-bond acceptors (Lipinski definition) is 5. The van der Waals surface area contributed by atoms with E-state index in [-0.39, 0.29) is 6.10 Å². The Hall–Kier alpha value is -0.720. The molecule has 0 fully saturated rings. The van der Waals surface area contributed by atoms with Crippen LogP contribution < -0.4 is 5.73 Å². The number of unbranched alkanes of at least 4 members (excludes halogenated alkanes) is 1. The number of aliphatic hydroxyl groups is 2. The lowest BCUT2D eigenvalue weighted by Gasteiger charge is -2.25. The zero-order valence-corrected chi connectivity index (χ0v) is 16.6. The summed E-state index contributed by atoms with van der Waals surface area (Å²) in [6.07, 6.45) is 11.8. The van der Waals surface area contributed by atoms with Gasteiger partial charge in [0.2, 0.25) is 0 Å². The maximum Gasteiger partial charge on any atom is 0.0789 e. The van der Waals surface area contributed by atoms with Gasteiger partial charge in [0.05, 0.1) is 12.2 Å².